The van der Waals surface area contributed by atoms with Gasteiger partial charge in [0.1, 0.15) is 0 Å². The average Bonchev–Trinajstić information content (AvgIpc) is 0.722. The molecule has 6 heteroatoms. The summed E-state index contributed by atoms with van der Waals surface area (Å²) in [5.74, 6) is 0. The van der Waals surface area contributed by atoms with Crippen molar-refractivity contribution < 1.29 is 32.9 Å². The molecule has 0 fully saturated rings. The van der Waals surface area contributed by atoms with Crippen molar-refractivity contribution >= 4 is 48.9 Å². The molecule has 0 heterocycles. The third-order valence-corrected chi connectivity index (χ3v) is 0. The van der Waals surface area contributed by atoms with Crippen molar-refractivity contribution in [3.8, 4) is 0 Å². The zero-order chi connectivity index (χ0) is 4.50. The Hall–Kier alpha value is 1.59. The van der Waals surface area contributed by atoms with Crippen molar-refractivity contribution in [1.29, 1.82) is 0 Å². The van der Waals surface area contributed by atoms with E-state index >= 15 is 0 Å². The van der Waals surface area contributed by atoms with Crippen LogP contribution in [0.25, 0.3) is 0 Å². The predicted molar refractivity (Wildman–Crippen MR) is 12.3 cm³/mol. The molecular weight excluding hydrogens is 388 g/mol. The standard InChI is InChI=1S/Ba.H2O.3O.Re.2H/h;1H2;;;;;;/q+2;;;;;+1;2*-1/p-1. The minimum atomic E-state index is -5.86. The van der Waals surface area contributed by atoms with Gasteiger partial charge in [0, 0.05) is 0 Å². The van der Waals surface area contributed by atoms with Crippen LogP contribution in [0.3, 0.4) is 0 Å². The van der Waals surface area contributed by atoms with E-state index in [0.717, 1.165) is 0 Å². The third kappa shape index (κ3) is 46.5. The van der Waals surface area contributed by atoms with E-state index in [1.54, 1.807) is 0 Å². The van der Waals surface area contributed by atoms with Crippen molar-refractivity contribution in [2.45, 2.75) is 0 Å². The molecule has 0 atom stereocenters. The molecule has 36 valence electrons. The Morgan fingerprint density at radius 1 is 1.33 bits per heavy atom. The maximum absolute atomic E-state index is 8.75. The van der Waals surface area contributed by atoms with E-state index in [-0.39, 0.29) is 51.7 Å². The van der Waals surface area contributed by atoms with E-state index in [9.17, 15) is 0 Å². The monoisotopic (exact) mass is 392 g/mol. The van der Waals surface area contributed by atoms with Crippen LogP contribution in [0.4, 0.5) is 0 Å². The van der Waals surface area contributed by atoms with Crippen LogP contribution in [-0.4, -0.2) is 52.7 Å². The molecule has 0 rings (SSSR count). The molecule has 0 saturated carbocycles. The summed E-state index contributed by atoms with van der Waals surface area (Å²) in [5.41, 5.74) is 0. The summed E-state index contributed by atoms with van der Waals surface area (Å²) in [4.78, 5) is 0. The number of hydrogen-bond donors (Lipinski definition) is 1. The molecule has 0 aromatic rings. The summed E-state index contributed by atoms with van der Waals surface area (Å²) in [5, 5.41) is 0. The summed E-state index contributed by atoms with van der Waals surface area (Å²) in [6.45, 7) is 0. The SMILES string of the molecule is [Ba+2].[H-].[H-].[O]=[Re](=[O])(=[O])[OH]. The normalized spacial score (nSPS) is 9.50. The van der Waals surface area contributed by atoms with Crippen LogP contribution < -0.4 is 0 Å². The van der Waals surface area contributed by atoms with Gasteiger partial charge in [0.05, 0.1) is 0 Å². The summed E-state index contributed by atoms with van der Waals surface area (Å²) < 4.78 is 33.3. The van der Waals surface area contributed by atoms with Crippen molar-refractivity contribution in [3.63, 3.8) is 0 Å². The van der Waals surface area contributed by atoms with Gasteiger partial charge in [-0.3, -0.25) is 0 Å². The topological polar surface area (TPSA) is 71.4 Å². The van der Waals surface area contributed by atoms with Gasteiger partial charge in [0.25, 0.3) is 0 Å². The molecule has 0 radical (unpaired) electrons. The van der Waals surface area contributed by atoms with Gasteiger partial charge in [-0.1, -0.05) is 0 Å². The molecule has 0 aliphatic carbocycles. The van der Waals surface area contributed by atoms with Gasteiger partial charge in [0.15, 0.2) is 0 Å². The van der Waals surface area contributed by atoms with Crippen LogP contribution >= 0.6 is 0 Å². The molecule has 0 unspecified atom stereocenters. The van der Waals surface area contributed by atoms with E-state index in [1.807, 2.05) is 0 Å². The first-order chi connectivity index (χ1) is 2.00. The molecular formula is H3BaO4Re. The fraction of sp³-hybridized carbons (Fsp3) is 0. The van der Waals surface area contributed by atoms with Gasteiger partial charge in [-0.05, 0) is 0 Å². The van der Waals surface area contributed by atoms with Crippen LogP contribution in [-0.2, 0) is 26.2 Å². The predicted octanol–water partition coefficient (Wildman–Crippen LogP) is -1.07. The fourth-order valence-electron chi connectivity index (χ4n) is 0. The Morgan fingerprint density at radius 3 is 1.33 bits per heavy atom. The van der Waals surface area contributed by atoms with Gasteiger partial charge in [-0.2, -0.15) is 0 Å². The molecule has 0 aromatic carbocycles. The van der Waals surface area contributed by atoms with Crippen LogP contribution in [0.5, 0.6) is 0 Å². The molecule has 0 spiro atoms. The van der Waals surface area contributed by atoms with E-state index in [1.165, 1.54) is 0 Å². The molecule has 0 saturated heterocycles. The average molecular weight is 391 g/mol. The quantitative estimate of drug-likeness (QED) is 0.535. The first kappa shape index (κ1) is 10.6. The molecule has 4 nitrogen and oxygen atoms in total. The molecule has 0 aromatic heterocycles. The second-order valence-electron chi connectivity index (χ2n) is 0.396. The number of hydrogen-bond acceptors (Lipinski definition) is 3. The third-order valence-electron chi connectivity index (χ3n) is 0. The van der Waals surface area contributed by atoms with Crippen molar-refractivity contribution in [1.82, 2.24) is 0 Å². The fourth-order valence-corrected chi connectivity index (χ4v) is 0. The zero-order valence-electron chi connectivity index (χ0n) is 4.76. The second-order valence-corrected chi connectivity index (χ2v) is 3.24. The molecule has 0 aliphatic heterocycles. The van der Waals surface area contributed by atoms with Crippen molar-refractivity contribution in [3.05, 3.63) is 0 Å². The molecule has 0 bridgehead atoms. The first-order valence-electron chi connectivity index (χ1n) is 0.632. The van der Waals surface area contributed by atoms with Gasteiger partial charge >= 0.3 is 78.9 Å². The maximum atomic E-state index is 8.75. The molecule has 6 heavy (non-hydrogen) atoms. The Morgan fingerprint density at radius 2 is 1.33 bits per heavy atom. The van der Waals surface area contributed by atoms with Crippen molar-refractivity contribution in [2.24, 2.45) is 0 Å². The Bertz CT molecular complexity index is 135. The van der Waals surface area contributed by atoms with Crippen LogP contribution in [0.2, 0.25) is 0 Å². The minimum absolute atomic E-state index is 0. The molecule has 0 amide bonds. The van der Waals surface area contributed by atoms with Gasteiger partial charge in [-0.25, -0.2) is 0 Å². The summed E-state index contributed by atoms with van der Waals surface area (Å²) in [6, 6.07) is 0. The Balaban J connectivity index is -0.0000000267. The molecule has 1 N–H and O–H groups in total. The summed E-state index contributed by atoms with van der Waals surface area (Å²) in [7, 11) is 0. The Labute approximate surface area is 80.3 Å². The van der Waals surface area contributed by atoms with E-state index in [2.05, 4.69) is 0 Å². The van der Waals surface area contributed by atoms with E-state index in [0.29, 0.717) is 0 Å². The number of rotatable bonds is 0. The van der Waals surface area contributed by atoms with Crippen LogP contribution in [0, 0.1) is 0 Å². The van der Waals surface area contributed by atoms with Gasteiger partial charge in [-0.15, -0.1) is 0 Å². The summed E-state index contributed by atoms with van der Waals surface area (Å²) in [6.07, 6.45) is 0. The summed E-state index contributed by atoms with van der Waals surface area (Å²) >= 11 is -5.86. The van der Waals surface area contributed by atoms with Crippen LogP contribution in [0.1, 0.15) is 2.85 Å². The first-order valence-corrected chi connectivity index (χ1v) is 5.17. The van der Waals surface area contributed by atoms with Gasteiger partial charge in [0.2, 0.25) is 0 Å². The van der Waals surface area contributed by atoms with Crippen molar-refractivity contribution in [2.75, 3.05) is 0 Å². The second kappa shape index (κ2) is 3.58. The molecule has 0 aliphatic rings. The van der Waals surface area contributed by atoms with Gasteiger partial charge < -0.3 is 2.85 Å². The van der Waals surface area contributed by atoms with Crippen LogP contribution in [0.15, 0.2) is 0 Å². The zero-order valence-corrected chi connectivity index (χ0v) is 9.91. The van der Waals surface area contributed by atoms with E-state index in [4.69, 9.17) is 14.2 Å². The Kier molecular flexibility index (Phi) is 6.29. The van der Waals surface area contributed by atoms with E-state index < -0.39 is 15.8 Å².